The summed E-state index contributed by atoms with van der Waals surface area (Å²) in [5, 5.41) is 2.63. The van der Waals surface area contributed by atoms with Crippen LogP contribution in [0.2, 0.25) is 0 Å². The molecular formula is C30H32N4O3S. The Morgan fingerprint density at radius 2 is 1.68 bits per heavy atom. The normalized spacial score (nSPS) is 20.2. The van der Waals surface area contributed by atoms with Crippen molar-refractivity contribution in [2.24, 2.45) is 4.99 Å². The number of sulfonamides is 1. The van der Waals surface area contributed by atoms with E-state index in [0.29, 0.717) is 29.9 Å². The van der Waals surface area contributed by atoms with Crippen LogP contribution in [0.15, 0.2) is 77.8 Å². The van der Waals surface area contributed by atoms with Gasteiger partial charge in [0.05, 0.1) is 16.6 Å². The minimum atomic E-state index is -3.41. The number of likely N-dealkylation sites (tertiary alicyclic amines) is 1. The lowest BCUT2D eigenvalue weighted by Crippen LogP contribution is -2.28. The summed E-state index contributed by atoms with van der Waals surface area (Å²) in [6.07, 6.45) is 5.21. The second-order valence-electron chi connectivity index (χ2n) is 10.4. The summed E-state index contributed by atoms with van der Waals surface area (Å²) in [5.74, 6) is -0.836. The number of aliphatic imine (C=N–C) groups is 1. The SMILES string of the molecule is O=C1Nc2ccc(NS(=O)(=O)C3CC3)cc2C1C(=Nc1ccc(CN2CCCCC2)cc1)c1ccccc1. The molecule has 38 heavy (non-hydrogen) atoms. The first-order valence-electron chi connectivity index (χ1n) is 13.4. The second kappa shape index (κ2) is 10.3. The predicted molar refractivity (Wildman–Crippen MR) is 152 cm³/mol. The fourth-order valence-corrected chi connectivity index (χ4v) is 6.70. The average Bonchev–Trinajstić information content (AvgIpc) is 3.74. The van der Waals surface area contributed by atoms with Crippen LogP contribution < -0.4 is 10.0 Å². The number of rotatable bonds is 8. The average molecular weight is 529 g/mol. The topological polar surface area (TPSA) is 90.9 Å². The number of carbonyl (C=O) groups excluding carboxylic acids is 1. The number of piperidine rings is 1. The molecule has 2 heterocycles. The first-order valence-corrected chi connectivity index (χ1v) is 14.9. The highest BCUT2D eigenvalue weighted by molar-refractivity contribution is 7.93. The van der Waals surface area contributed by atoms with Crippen LogP contribution in [0.4, 0.5) is 17.1 Å². The maximum absolute atomic E-state index is 13.3. The zero-order chi connectivity index (χ0) is 26.1. The summed E-state index contributed by atoms with van der Waals surface area (Å²) in [6.45, 7) is 3.23. The van der Waals surface area contributed by atoms with Gasteiger partial charge in [-0.05, 0) is 85.8 Å². The summed E-state index contributed by atoms with van der Waals surface area (Å²) in [7, 11) is -3.41. The van der Waals surface area contributed by atoms with Crippen LogP contribution in [0.5, 0.6) is 0 Å². The summed E-state index contributed by atoms with van der Waals surface area (Å²) >= 11 is 0. The first-order chi connectivity index (χ1) is 18.5. The van der Waals surface area contributed by atoms with Gasteiger partial charge in [0.2, 0.25) is 15.9 Å². The Morgan fingerprint density at radius 3 is 2.39 bits per heavy atom. The summed E-state index contributed by atoms with van der Waals surface area (Å²) in [6, 6.07) is 23.2. The second-order valence-corrected chi connectivity index (χ2v) is 12.4. The van der Waals surface area contributed by atoms with E-state index in [9.17, 15) is 13.2 Å². The van der Waals surface area contributed by atoms with Gasteiger partial charge in [0, 0.05) is 17.9 Å². The largest absolute Gasteiger partial charge is 0.325 e. The third kappa shape index (κ3) is 5.37. The van der Waals surface area contributed by atoms with Gasteiger partial charge in [0.25, 0.3) is 0 Å². The van der Waals surface area contributed by atoms with Crippen molar-refractivity contribution in [2.75, 3.05) is 23.1 Å². The Hall–Kier alpha value is -3.49. The lowest BCUT2D eigenvalue weighted by molar-refractivity contribution is -0.115. The van der Waals surface area contributed by atoms with E-state index < -0.39 is 15.9 Å². The minimum Gasteiger partial charge on any atom is -0.325 e. The van der Waals surface area contributed by atoms with Crippen LogP contribution >= 0.6 is 0 Å². The van der Waals surface area contributed by atoms with Gasteiger partial charge in [-0.25, -0.2) is 8.42 Å². The number of hydrogen-bond donors (Lipinski definition) is 2. The number of amides is 1. The molecule has 1 saturated carbocycles. The lowest BCUT2D eigenvalue weighted by atomic mass is 9.90. The van der Waals surface area contributed by atoms with Crippen molar-refractivity contribution in [3.05, 3.63) is 89.5 Å². The van der Waals surface area contributed by atoms with Gasteiger partial charge in [0.15, 0.2) is 0 Å². The molecule has 196 valence electrons. The number of carbonyl (C=O) groups is 1. The standard InChI is InChI=1S/C30H32N4O3S/c35-30-28(26-19-24(13-16-27(26)32-30)33-38(36,37)25-14-15-25)29(22-7-3-1-4-8-22)31-23-11-9-21(10-12-23)20-34-17-5-2-6-18-34/h1,3-4,7-13,16,19,25,28,33H,2,5-6,14-15,17-18,20H2,(H,32,35). The van der Waals surface area contributed by atoms with Crippen molar-refractivity contribution in [3.63, 3.8) is 0 Å². The van der Waals surface area contributed by atoms with Gasteiger partial charge >= 0.3 is 0 Å². The number of anilines is 2. The van der Waals surface area contributed by atoms with Gasteiger partial charge in [-0.3, -0.25) is 19.4 Å². The fraction of sp³-hybridized carbons (Fsp3) is 0.333. The monoisotopic (exact) mass is 528 g/mol. The molecule has 1 aliphatic carbocycles. The molecule has 3 aromatic carbocycles. The van der Waals surface area contributed by atoms with E-state index in [2.05, 4.69) is 27.1 Å². The highest BCUT2D eigenvalue weighted by Crippen LogP contribution is 2.39. The summed E-state index contributed by atoms with van der Waals surface area (Å²) < 4.78 is 27.8. The molecule has 2 fully saturated rings. The highest BCUT2D eigenvalue weighted by atomic mass is 32.2. The quantitative estimate of drug-likeness (QED) is 0.381. The smallest absolute Gasteiger partial charge is 0.238 e. The fourth-order valence-electron chi connectivity index (χ4n) is 5.32. The molecule has 1 amide bonds. The van der Waals surface area contributed by atoms with Gasteiger partial charge in [0.1, 0.15) is 5.92 Å². The zero-order valence-corrected chi connectivity index (χ0v) is 22.1. The number of benzene rings is 3. The maximum Gasteiger partial charge on any atom is 0.238 e. The Kier molecular flexibility index (Phi) is 6.76. The number of nitrogens with one attached hydrogen (secondary N) is 2. The molecule has 1 unspecified atom stereocenters. The van der Waals surface area contributed by atoms with Crippen LogP contribution in [0.25, 0.3) is 0 Å². The lowest BCUT2D eigenvalue weighted by Gasteiger charge is -2.26. The molecule has 1 atom stereocenters. The summed E-state index contributed by atoms with van der Waals surface area (Å²) in [5.41, 5.74) is 5.37. The molecule has 0 bridgehead atoms. The van der Waals surface area contributed by atoms with Crippen LogP contribution in [0.3, 0.4) is 0 Å². The Bertz CT molecular complexity index is 1460. The number of fused-ring (bicyclic) bond motifs is 1. The molecular weight excluding hydrogens is 496 g/mol. The molecule has 8 heteroatoms. The molecule has 3 aromatic rings. The van der Waals surface area contributed by atoms with Gasteiger partial charge in [-0.1, -0.05) is 48.9 Å². The van der Waals surface area contributed by atoms with Crippen molar-refractivity contribution in [1.29, 1.82) is 0 Å². The van der Waals surface area contributed by atoms with E-state index in [4.69, 9.17) is 4.99 Å². The van der Waals surface area contributed by atoms with Crippen LogP contribution in [0.1, 0.15) is 54.7 Å². The van der Waals surface area contributed by atoms with Crippen molar-refractivity contribution in [3.8, 4) is 0 Å². The molecule has 7 nitrogen and oxygen atoms in total. The van der Waals surface area contributed by atoms with E-state index in [0.717, 1.165) is 36.4 Å². The third-order valence-electron chi connectivity index (χ3n) is 7.49. The van der Waals surface area contributed by atoms with Crippen molar-refractivity contribution >= 4 is 38.7 Å². The Balaban J connectivity index is 1.33. The molecule has 1 saturated heterocycles. The maximum atomic E-state index is 13.3. The van der Waals surface area contributed by atoms with E-state index in [1.165, 1.54) is 24.8 Å². The summed E-state index contributed by atoms with van der Waals surface area (Å²) in [4.78, 5) is 20.8. The number of nitrogens with zero attached hydrogens (tertiary/aromatic N) is 2. The van der Waals surface area contributed by atoms with E-state index in [1.807, 2.05) is 42.5 Å². The molecule has 0 spiro atoms. The highest BCUT2D eigenvalue weighted by Gasteiger charge is 2.38. The zero-order valence-electron chi connectivity index (χ0n) is 21.3. The van der Waals surface area contributed by atoms with Gasteiger partial charge in [-0.2, -0.15) is 0 Å². The molecule has 2 aliphatic heterocycles. The first kappa shape index (κ1) is 24.8. The molecule has 0 aromatic heterocycles. The van der Waals surface area contributed by atoms with E-state index in [-0.39, 0.29) is 11.2 Å². The van der Waals surface area contributed by atoms with Crippen molar-refractivity contribution in [1.82, 2.24) is 4.90 Å². The van der Waals surface area contributed by atoms with Crippen molar-refractivity contribution < 1.29 is 13.2 Å². The van der Waals surface area contributed by atoms with Gasteiger partial charge < -0.3 is 5.32 Å². The van der Waals surface area contributed by atoms with Gasteiger partial charge in [-0.15, -0.1) is 0 Å². The van der Waals surface area contributed by atoms with Crippen molar-refractivity contribution in [2.45, 2.75) is 49.8 Å². The third-order valence-corrected chi connectivity index (χ3v) is 9.36. The Morgan fingerprint density at radius 1 is 0.947 bits per heavy atom. The van der Waals surface area contributed by atoms with E-state index in [1.54, 1.807) is 18.2 Å². The van der Waals surface area contributed by atoms with E-state index >= 15 is 0 Å². The van der Waals surface area contributed by atoms with Crippen LogP contribution in [-0.2, 0) is 21.4 Å². The van der Waals surface area contributed by atoms with Crippen LogP contribution in [-0.4, -0.2) is 43.3 Å². The molecule has 0 radical (unpaired) electrons. The molecule has 2 N–H and O–H groups in total. The Labute approximate surface area is 224 Å². The minimum absolute atomic E-state index is 0.175. The number of hydrogen-bond acceptors (Lipinski definition) is 5. The van der Waals surface area contributed by atoms with Crippen LogP contribution in [0, 0.1) is 0 Å². The predicted octanol–water partition coefficient (Wildman–Crippen LogP) is 5.43. The molecule has 6 rings (SSSR count). The molecule has 3 aliphatic rings.